The lowest BCUT2D eigenvalue weighted by atomic mass is 10.1. The Labute approximate surface area is 221 Å². The van der Waals surface area contributed by atoms with Gasteiger partial charge in [0.1, 0.15) is 0 Å². The van der Waals surface area contributed by atoms with E-state index in [0.29, 0.717) is 28.8 Å². The molecule has 1 aromatic carbocycles. The summed E-state index contributed by atoms with van der Waals surface area (Å²) in [6.07, 6.45) is 8.68. The number of nitrogens with one attached hydrogen (secondary N) is 1. The van der Waals surface area contributed by atoms with Gasteiger partial charge in [-0.3, -0.25) is 4.90 Å². The fourth-order valence-corrected chi connectivity index (χ4v) is 4.77. The maximum absolute atomic E-state index is 12.0. The summed E-state index contributed by atoms with van der Waals surface area (Å²) < 4.78 is 10.6. The van der Waals surface area contributed by atoms with E-state index in [9.17, 15) is 4.79 Å². The summed E-state index contributed by atoms with van der Waals surface area (Å²) in [5.41, 5.74) is 4.16. The van der Waals surface area contributed by atoms with Gasteiger partial charge in [-0.1, -0.05) is 6.07 Å². The number of aryl methyl sites for hydroxylation is 2. The third-order valence-electron chi connectivity index (χ3n) is 6.85. The molecule has 5 rings (SSSR count). The van der Waals surface area contributed by atoms with Crippen LogP contribution < -0.4 is 4.90 Å². The van der Waals surface area contributed by atoms with Gasteiger partial charge in [-0.2, -0.15) is 0 Å². The number of unbranched alkanes of at least 4 members (excludes halogenated alkanes) is 1. The van der Waals surface area contributed by atoms with Crippen LogP contribution in [0.25, 0.3) is 27.2 Å². The van der Waals surface area contributed by atoms with E-state index >= 15 is 0 Å². The average Bonchev–Trinajstić information content (AvgIpc) is 3.54. The van der Waals surface area contributed by atoms with Crippen molar-refractivity contribution in [1.29, 1.82) is 0 Å². The number of nitrogens with zero attached hydrogens (tertiary/aromatic N) is 6. The van der Waals surface area contributed by atoms with Crippen molar-refractivity contribution in [3.63, 3.8) is 0 Å². The monoisotopic (exact) mass is 513 g/mol. The minimum Gasteiger partial charge on any atom is -0.460 e. The average molecular weight is 514 g/mol. The molecule has 0 saturated carbocycles. The lowest BCUT2D eigenvalue weighted by Crippen LogP contribution is -2.47. The van der Waals surface area contributed by atoms with Gasteiger partial charge in [0.2, 0.25) is 17.6 Å². The summed E-state index contributed by atoms with van der Waals surface area (Å²) in [7, 11) is 0. The molecular weight excluding hydrogens is 482 g/mol. The lowest BCUT2D eigenvalue weighted by molar-refractivity contribution is 0.0490. The highest BCUT2D eigenvalue weighted by Gasteiger charge is 2.21. The number of aromatic amines is 1. The molecule has 0 aliphatic carbocycles. The Morgan fingerprint density at radius 2 is 1.97 bits per heavy atom. The first-order valence-corrected chi connectivity index (χ1v) is 13.0. The zero-order valence-corrected chi connectivity index (χ0v) is 21.7. The fraction of sp³-hybridized carbons (Fsp3) is 0.393. The van der Waals surface area contributed by atoms with Crippen LogP contribution in [-0.4, -0.2) is 70.1 Å². The minimum atomic E-state index is -0.521. The first-order valence-electron chi connectivity index (χ1n) is 13.0. The highest BCUT2D eigenvalue weighted by molar-refractivity contribution is 5.88. The number of piperazine rings is 1. The summed E-state index contributed by atoms with van der Waals surface area (Å²) in [4.78, 5) is 36.9. The first-order chi connectivity index (χ1) is 18.6. The van der Waals surface area contributed by atoms with E-state index in [0.717, 1.165) is 62.9 Å². The number of oxazole rings is 1. The summed E-state index contributed by atoms with van der Waals surface area (Å²) in [5, 5.41) is 1.16. The van der Waals surface area contributed by atoms with Gasteiger partial charge in [-0.25, -0.2) is 24.6 Å². The van der Waals surface area contributed by atoms with Gasteiger partial charge < -0.3 is 19.0 Å². The largest absolute Gasteiger partial charge is 0.460 e. The zero-order valence-electron chi connectivity index (χ0n) is 21.7. The van der Waals surface area contributed by atoms with Gasteiger partial charge in [-0.05, 0) is 62.7 Å². The van der Waals surface area contributed by atoms with Crippen molar-refractivity contribution in [2.24, 2.45) is 0 Å². The first kappa shape index (κ1) is 25.4. The van der Waals surface area contributed by atoms with Gasteiger partial charge in [-0.15, -0.1) is 0 Å². The van der Waals surface area contributed by atoms with Crippen LogP contribution in [0.4, 0.5) is 11.6 Å². The Kier molecular flexibility index (Phi) is 7.65. The highest BCUT2D eigenvalue weighted by atomic mass is 16.5. The van der Waals surface area contributed by atoms with E-state index in [1.807, 2.05) is 18.2 Å². The molecule has 1 aliphatic rings. The maximum atomic E-state index is 12.0. The molecule has 0 bridgehead atoms. The van der Waals surface area contributed by atoms with Crippen molar-refractivity contribution in [3.8, 4) is 11.5 Å². The number of hydrogen-bond donors (Lipinski definition) is 1. The van der Waals surface area contributed by atoms with Crippen molar-refractivity contribution in [1.82, 2.24) is 24.8 Å². The van der Waals surface area contributed by atoms with E-state index in [1.165, 1.54) is 5.56 Å². The van der Waals surface area contributed by atoms with Crippen molar-refractivity contribution in [2.75, 3.05) is 44.2 Å². The zero-order chi connectivity index (χ0) is 26.5. The second-order valence-electron chi connectivity index (χ2n) is 9.37. The molecule has 10 heteroatoms. The normalized spacial score (nSPS) is 14.1. The van der Waals surface area contributed by atoms with E-state index < -0.39 is 5.97 Å². The molecule has 4 aromatic rings. The van der Waals surface area contributed by atoms with Crippen LogP contribution in [0, 0.1) is 13.5 Å². The summed E-state index contributed by atoms with van der Waals surface area (Å²) >= 11 is 0. The van der Waals surface area contributed by atoms with Gasteiger partial charge in [0.25, 0.3) is 0 Å². The molecule has 1 saturated heterocycles. The lowest BCUT2D eigenvalue weighted by Gasteiger charge is -2.34. The van der Waals surface area contributed by atoms with Gasteiger partial charge in [0, 0.05) is 50.3 Å². The number of benzene rings is 1. The summed E-state index contributed by atoms with van der Waals surface area (Å²) in [6.45, 7) is 15.7. The van der Waals surface area contributed by atoms with Crippen LogP contribution in [0.2, 0.25) is 0 Å². The fourth-order valence-electron chi connectivity index (χ4n) is 4.77. The number of anilines is 1. The molecule has 0 radical (unpaired) electrons. The third-order valence-corrected chi connectivity index (χ3v) is 6.85. The second-order valence-corrected chi connectivity index (χ2v) is 9.37. The molecule has 196 valence electrons. The van der Waals surface area contributed by atoms with Crippen LogP contribution in [0.3, 0.4) is 0 Å². The van der Waals surface area contributed by atoms with Crippen molar-refractivity contribution in [3.05, 3.63) is 65.2 Å². The number of fused-ring (bicyclic) bond motifs is 1. The van der Waals surface area contributed by atoms with E-state index in [4.69, 9.17) is 15.7 Å². The molecule has 0 unspecified atom stereocenters. The molecule has 38 heavy (non-hydrogen) atoms. The number of ether oxygens (including phenoxy) is 1. The number of hydrogen-bond acceptors (Lipinski definition) is 8. The Hall–Kier alpha value is -4.23. The summed E-state index contributed by atoms with van der Waals surface area (Å²) in [6, 6.07) is 5.82. The number of carbonyl (C=O) groups is 1. The van der Waals surface area contributed by atoms with Crippen molar-refractivity contribution >= 4 is 28.5 Å². The SMILES string of the molecule is [C-]#[N+]c1ccc2[nH]cc(CCCCN3CCN(c4ncc(-c5nc(C)c(C(=O)OCC)o5)cn4)CC3)c2c1. The molecule has 10 nitrogen and oxygen atoms in total. The molecule has 1 N–H and O–H groups in total. The topological polar surface area (TPSA) is 105 Å². The smallest absolute Gasteiger partial charge is 0.376 e. The molecule has 3 aromatic heterocycles. The Bertz CT molecular complexity index is 1440. The van der Waals surface area contributed by atoms with Crippen LogP contribution in [-0.2, 0) is 11.2 Å². The quantitative estimate of drug-likeness (QED) is 0.193. The Morgan fingerprint density at radius 1 is 1.18 bits per heavy atom. The van der Waals surface area contributed by atoms with Gasteiger partial charge in [0.15, 0.2) is 5.69 Å². The number of H-pyrrole nitrogens is 1. The molecular formula is C28H31N7O3. The maximum Gasteiger partial charge on any atom is 0.376 e. The summed E-state index contributed by atoms with van der Waals surface area (Å²) in [5.74, 6) is 0.576. The Morgan fingerprint density at radius 3 is 2.71 bits per heavy atom. The minimum absolute atomic E-state index is 0.109. The second kappa shape index (κ2) is 11.4. The van der Waals surface area contributed by atoms with E-state index in [1.54, 1.807) is 26.2 Å². The number of carbonyl (C=O) groups excluding carboxylic acids is 1. The number of esters is 1. The van der Waals surface area contributed by atoms with Crippen LogP contribution in [0.1, 0.15) is 41.6 Å². The van der Waals surface area contributed by atoms with Crippen molar-refractivity contribution in [2.45, 2.75) is 33.1 Å². The standard InChI is InChI=1S/C28H31N7O3/c1-4-37-27(36)25-19(2)33-26(38-25)21-17-31-28(32-18-21)35-13-11-34(12-14-35)10-6-5-7-20-16-30-24-9-8-22(29-3)15-23(20)24/h8-9,15-18,30H,4-7,10-14H2,1-2H3. The van der Waals surface area contributed by atoms with E-state index in [-0.39, 0.29) is 12.4 Å². The van der Waals surface area contributed by atoms with E-state index in [2.05, 4.69) is 40.8 Å². The molecule has 1 fully saturated rings. The van der Waals surface area contributed by atoms with Crippen LogP contribution in [0.15, 0.2) is 41.2 Å². The van der Waals surface area contributed by atoms with Gasteiger partial charge >= 0.3 is 5.97 Å². The molecule has 1 aliphatic heterocycles. The van der Waals surface area contributed by atoms with Crippen LogP contribution >= 0.6 is 0 Å². The third kappa shape index (κ3) is 5.53. The molecule has 4 heterocycles. The molecule has 0 amide bonds. The van der Waals surface area contributed by atoms with Gasteiger partial charge in [0.05, 0.1) is 24.4 Å². The molecule has 0 atom stereocenters. The predicted octanol–water partition coefficient (Wildman–Crippen LogP) is 4.79. The molecule has 0 spiro atoms. The Balaban J connectivity index is 1.08. The predicted molar refractivity (Wildman–Crippen MR) is 144 cm³/mol. The van der Waals surface area contributed by atoms with Crippen LogP contribution in [0.5, 0.6) is 0 Å². The number of rotatable bonds is 9. The number of aromatic nitrogens is 4. The highest BCUT2D eigenvalue weighted by Crippen LogP contribution is 2.26. The van der Waals surface area contributed by atoms with Crippen molar-refractivity contribution < 1.29 is 13.9 Å².